The highest BCUT2D eigenvalue weighted by atomic mass is 16.5. The predicted octanol–water partition coefficient (Wildman–Crippen LogP) is 1.74. The summed E-state index contributed by atoms with van der Waals surface area (Å²) in [5.41, 5.74) is 6.65. The number of aryl methyl sites for hydroxylation is 1. The topological polar surface area (TPSA) is 44.5 Å². The van der Waals surface area contributed by atoms with Crippen LogP contribution in [0.5, 0.6) is 5.75 Å². The Morgan fingerprint density at radius 1 is 1.20 bits per heavy atom. The lowest BCUT2D eigenvalue weighted by molar-refractivity contribution is 0.0496. The van der Waals surface area contributed by atoms with Gasteiger partial charge in [-0.15, -0.1) is 0 Å². The molecule has 0 aliphatic carbocycles. The molecule has 0 aromatic heterocycles. The second kappa shape index (κ2) is 6.43. The van der Waals surface area contributed by atoms with E-state index in [-0.39, 0.29) is 6.10 Å². The summed E-state index contributed by atoms with van der Waals surface area (Å²) >= 11 is 0. The number of hydrogen-bond acceptors (Lipinski definition) is 3. The molecule has 3 heteroatoms. The number of nitrogens with two attached hydrogens (primary N) is 1. The summed E-state index contributed by atoms with van der Waals surface area (Å²) in [4.78, 5) is 0. The molecular weight excluding hydrogens is 190 g/mol. The first-order chi connectivity index (χ1) is 7.22. The van der Waals surface area contributed by atoms with Crippen LogP contribution in [0.15, 0.2) is 24.3 Å². The maximum atomic E-state index is 5.49. The van der Waals surface area contributed by atoms with Gasteiger partial charge < -0.3 is 15.2 Å². The molecule has 84 valence electrons. The highest BCUT2D eigenvalue weighted by Gasteiger charge is 1.98. The Bertz CT molecular complexity index is 271. The van der Waals surface area contributed by atoms with Crippen molar-refractivity contribution in [1.29, 1.82) is 0 Å². The fourth-order valence-corrected chi connectivity index (χ4v) is 1.11. The molecule has 1 aromatic rings. The molecule has 0 spiro atoms. The summed E-state index contributed by atoms with van der Waals surface area (Å²) in [6, 6.07) is 7.97. The van der Waals surface area contributed by atoms with Crippen LogP contribution < -0.4 is 10.5 Å². The first-order valence-corrected chi connectivity index (χ1v) is 5.23. The third-order valence-electron chi connectivity index (χ3n) is 2.11. The number of ether oxygens (including phenoxy) is 2. The van der Waals surface area contributed by atoms with Crippen LogP contribution in [-0.2, 0) is 4.74 Å². The summed E-state index contributed by atoms with van der Waals surface area (Å²) in [5.74, 6) is 0.879. The molecule has 0 aliphatic heterocycles. The Balaban J connectivity index is 2.17. The van der Waals surface area contributed by atoms with Crippen molar-refractivity contribution in [3.05, 3.63) is 29.8 Å². The van der Waals surface area contributed by atoms with Crippen LogP contribution in [0.1, 0.15) is 12.5 Å². The van der Waals surface area contributed by atoms with E-state index in [0.717, 1.165) is 5.75 Å². The molecule has 0 radical (unpaired) electrons. The van der Waals surface area contributed by atoms with Crippen molar-refractivity contribution in [2.75, 3.05) is 19.8 Å². The van der Waals surface area contributed by atoms with Gasteiger partial charge in [-0.1, -0.05) is 17.7 Å². The van der Waals surface area contributed by atoms with Crippen molar-refractivity contribution < 1.29 is 9.47 Å². The summed E-state index contributed by atoms with van der Waals surface area (Å²) in [5, 5.41) is 0. The van der Waals surface area contributed by atoms with E-state index in [4.69, 9.17) is 15.2 Å². The van der Waals surface area contributed by atoms with Crippen LogP contribution in [0, 0.1) is 6.92 Å². The Morgan fingerprint density at radius 2 is 1.87 bits per heavy atom. The van der Waals surface area contributed by atoms with Gasteiger partial charge in [0.25, 0.3) is 0 Å². The van der Waals surface area contributed by atoms with E-state index in [2.05, 4.69) is 6.92 Å². The van der Waals surface area contributed by atoms with Gasteiger partial charge in [0.15, 0.2) is 0 Å². The molecule has 3 nitrogen and oxygen atoms in total. The zero-order valence-electron chi connectivity index (χ0n) is 9.40. The number of rotatable bonds is 6. The van der Waals surface area contributed by atoms with Crippen molar-refractivity contribution in [1.82, 2.24) is 0 Å². The van der Waals surface area contributed by atoms with Crippen LogP contribution in [-0.4, -0.2) is 25.9 Å². The average Bonchev–Trinajstić information content (AvgIpc) is 2.26. The Labute approximate surface area is 91.2 Å². The molecule has 0 saturated heterocycles. The lowest BCUT2D eigenvalue weighted by atomic mass is 10.2. The minimum absolute atomic E-state index is 0.103. The molecule has 0 amide bonds. The van der Waals surface area contributed by atoms with Gasteiger partial charge >= 0.3 is 0 Å². The average molecular weight is 209 g/mol. The van der Waals surface area contributed by atoms with Crippen LogP contribution in [0.25, 0.3) is 0 Å². The summed E-state index contributed by atoms with van der Waals surface area (Å²) in [6.07, 6.45) is 0.103. The lowest BCUT2D eigenvalue weighted by Crippen LogP contribution is -2.22. The number of benzene rings is 1. The smallest absolute Gasteiger partial charge is 0.119 e. The van der Waals surface area contributed by atoms with Gasteiger partial charge in [0, 0.05) is 6.54 Å². The Kier molecular flexibility index (Phi) is 5.15. The predicted molar refractivity (Wildman–Crippen MR) is 61.1 cm³/mol. The van der Waals surface area contributed by atoms with E-state index in [1.165, 1.54) is 5.56 Å². The molecule has 0 saturated carbocycles. The van der Waals surface area contributed by atoms with Gasteiger partial charge in [0.1, 0.15) is 12.4 Å². The zero-order valence-corrected chi connectivity index (χ0v) is 9.40. The lowest BCUT2D eigenvalue weighted by Gasteiger charge is -2.11. The van der Waals surface area contributed by atoms with Crippen molar-refractivity contribution in [3.63, 3.8) is 0 Å². The molecule has 1 unspecified atom stereocenters. The van der Waals surface area contributed by atoms with Gasteiger partial charge in [0.05, 0.1) is 12.7 Å². The Hall–Kier alpha value is -1.06. The largest absolute Gasteiger partial charge is 0.491 e. The number of hydrogen-bond donors (Lipinski definition) is 1. The second-order valence-corrected chi connectivity index (χ2v) is 3.58. The van der Waals surface area contributed by atoms with Crippen molar-refractivity contribution in [2.45, 2.75) is 20.0 Å². The van der Waals surface area contributed by atoms with Gasteiger partial charge in [0.2, 0.25) is 0 Å². The molecule has 2 N–H and O–H groups in total. The maximum Gasteiger partial charge on any atom is 0.119 e. The zero-order chi connectivity index (χ0) is 11.1. The highest BCUT2D eigenvalue weighted by Crippen LogP contribution is 2.10. The van der Waals surface area contributed by atoms with Gasteiger partial charge in [-0.25, -0.2) is 0 Å². The standard InChI is InChI=1S/C12H19NO2/c1-10-3-5-12(6-4-10)15-8-7-14-11(2)9-13/h3-6,11H,7-9,13H2,1-2H3. The van der Waals surface area contributed by atoms with E-state index in [0.29, 0.717) is 19.8 Å². The molecule has 1 aromatic carbocycles. The first kappa shape index (κ1) is 12.0. The van der Waals surface area contributed by atoms with Crippen LogP contribution in [0.2, 0.25) is 0 Å². The molecular formula is C12H19NO2. The molecule has 0 heterocycles. The molecule has 15 heavy (non-hydrogen) atoms. The fourth-order valence-electron chi connectivity index (χ4n) is 1.11. The second-order valence-electron chi connectivity index (χ2n) is 3.58. The van der Waals surface area contributed by atoms with Crippen molar-refractivity contribution >= 4 is 0 Å². The third-order valence-corrected chi connectivity index (χ3v) is 2.11. The van der Waals surface area contributed by atoms with E-state index in [9.17, 15) is 0 Å². The van der Waals surface area contributed by atoms with E-state index in [1.54, 1.807) is 0 Å². The fraction of sp³-hybridized carbons (Fsp3) is 0.500. The summed E-state index contributed by atoms with van der Waals surface area (Å²) in [7, 11) is 0. The molecule has 0 aliphatic rings. The van der Waals surface area contributed by atoms with E-state index >= 15 is 0 Å². The van der Waals surface area contributed by atoms with Crippen LogP contribution in [0.3, 0.4) is 0 Å². The summed E-state index contributed by atoms with van der Waals surface area (Å²) < 4.78 is 10.9. The maximum absolute atomic E-state index is 5.49. The normalized spacial score (nSPS) is 12.5. The van der Waals surface area contributed by atoms with E-state index in [1.807, 2.05) is 31.2 Å². The van der Waals surface area contributed by atoms with Gasteiger partial charge in [-0.3, -0.25) is 0 Å². The quantitative estimate of drug-likeness (QED) is 0.726. The minimum atomic E-state index is 0.103. The SMILES string of the molecule is Cc1ccc(OCCOC(C)CN)cc1. The minimum Gasteiger partial charge on any atom is -0.491 e. The molecule has 0 bridgehead atoms. The van der Waals surface area contributed by atoms with Crippen molar-refractivity contribution in [2.24, 2.45) is 5.73 Å². The monoisotopic (exact) mass is 209 g/mol. The molecule has 1 rings (SSSR count). The van der Waals surface area contributed by atoms with Crippen LogP contribution >= 0.6 is 0 Å². The summed E-state index contributed by atoms with van der Waals surface area (Å²) in [6.45, 7) is 5.69. The van der Waals surface area contributed by atoms with Crippen molar-refractivity contribution in [3.8, 4) is 5.75 Å². The highest BCUT2D eigenvalue weighted by molar-refractivity contribution is 5.26. The first-order valence-electron chi connectivity index (χ1n) is 5.23. The molecule has 0 fully saturated rings. The van der Waals surface area contributed by atoms with Gasteiger partial charge in [-0.05, 0) is 26.0 Å². The third kappa shape index (κ3) is 4.81. The molecule has 1 atom stereocenters. The van der Waals surface area contributed by atoms with Gasteiger partial charge in [-0.2, -0.15) is 0 Å². The van der Waals surface area contributed by atoms with Crippen LogP contribution in [0.4, 0.5) is 0 Å². The Morgan fingerprint density at radius 3 is 2.47 bits per heavy atom. The van der Waals surface area contributed by atoms with E-state index < -0.39 is 0 Å².